The Morgan fingerprint density at radius 2 is 1.95 bits per heavy atom. The van der Waals surface area contributed by atoms with E-state index in [0.717, 1.165) is 18.7 Å². The van der Waals surface area contributed by atoms with Gasteiger partial charge in [0.1, 0.15) is 6.10 Å². The van der Waals surface area contributed by atoms with Gasteiger partial charge in [-0.1, -0.05) is 25.9 Å². The summed E-state index contributed by atoms with van der Waals surface area (Å²) in [5, 5.41) is 7.54. The summed E-state index contributed by atoms with van der Waals surface area (Å²) < 4.78 is 11.4. The van der Waals surface area contributed by atoms with Gasteiger partial charge in [-0.3, -0.25) is 0 Å². The highest BCUT2D eigenvalue weighted by atomic mass is 16.5. The monoisotopic (exact) mass is 295 g/mol. The molecule has 0 amide bonds. The third-order valence-corrected chi connectivity index (χ3v) is 4.30. The van der Waals surface area contributed by atoms with Crippen LogP contribution in [-0.4, -0.2) is 29.8 Å². The molecule has 0 saturated heterocycles. The molecule has 0 aliphatic heterocycles. The summed E-state index contributed by atoms with van der Waals surface area (Å²) in [6.45, 7) is 9.07. The molecule has 0 aromatic carbocycles. The van der Waals surface area contributed by atoms with Gasteiger partial charge in [0.15, 0.2) is 0 Å². The van der Waals surface area contributed by atoms with E-state index in [4.69, 9.17) is 9.26 Å². The normalized spacial score (nSPS) is 25.0. The molecule has 0 bridgehead atoms. The SMILES string of the molecule is CCOC(c1noc(C2CCC(NC)CC2)n1)C(C)(C)C. The average Bonchev–Trinajstić information content (AvgIpc) is 2.93. The van der Waals surface area contributed by atoms with Crippen LogP contribution in [0.3, 0.4) is 0 Å². The molecule has 5 heteroatoms. The van der Waals surface area contributed by atoms with E-state index >= 15 is 0 Å². The molecule has 0 spiro atoms. The number of hydrogen-bond acceptors (Lipinski definition) is 5. The summed E-state index contributed by atoms with van der Waals surface area (Å²) in [6.07, 6.45) is 4.46. The minimum Gasteiger partial charge on any atom is -0.370 e. The molecule has 1 saturated carbocycles. The highest BCUT2D eigenvalue weighted by Crippen LogP contribution is 2.37. The van der Waals surface area contributed by atoms with Gasteiger partial charge < -0.3 is 14.6 Å². The molecular formula is C16H29N3O2. The lowest BCUT2D eigenvalue weighted by Crippen LogP contribution is -2.29. The third kappa shape index (κ3) is 4.04. The highest BCUT2D eigenvalue weighted by molar-refractivity contribution is 5.01. The zero-order valence-corrected chi connectivity index (χ0v) is 14.0. The van der Waals surface area contributed by atoms with Gasteiger partial charge in [0.25, 0.3) is 0 Å². The van der Waals surface area contributed by atoms with Crippen molar-refractivity contribution in [2.45, 2.75) is 71.4 Å². The molecule has 1 atom stereocenters. The first-order valence-electron chi connectivity index (χ1n) is 8.08. The van der Waals surface area contributed by atoms with Crippen LogP contribution in [0.5, 0.6) is 0 Å². The number of hydrogen-bond donors (Lipinski definition) is 1. The second kappa shape index (κ2) is 6.88. The first kappa shape index (κ1) is 16.4. The standard InChI is InChI=1S/C16H29N3O2/c1-6-20-13(16(2,3)4)14-18-15(21-19-14)11-7-9-12(17-5)10-8-11/h11-13,17H,6-10H2,1-5H3. The quantitative estimate of drug-likeness (QED) is 0.901. The van der Waals surface area contributed by atoms with E-state index in [1.807, 2.05) is 14.0 Å². The van der Waals surface area contributed by atoms with Gasteiger partial charge in [0, 0.05) is 18.6 Å². The van der Waals surface area contributed by atoms with Crippen LogP contribution in [0.4, 0.5) is 0 Å². The summed E-state index contributed by atoms with van der Waals surface area (Å²) in [5.74, 6) is 1.88. The summed E-state index contributed by atoms with van der Waals surface area (Å²) >= 11 is 0. The van der Waals surface area contributed by atoms with E-state index < -0.39 is 0 Å². The van der Waals surface area contributed by atoms with Crippen molar-refractivity contribution >= 4 is 0 Å². The fraction of sp³-hybridized carbons (Fsp3) is 0.875. The van der Waals surface area contributed by atoms with Crippen molar-refractivity contribution in [3.8, 4) is 0 Å². The molecule has 2 rings (SSSR count). The number of nitrogens with one attached hydrogen (secondary N) is 1. The fourth-order valence-corrected chi connectivity index (χ4v) is 3.03. The predicted molar refractivity (Wildman–Crippen MR) is 82.2 cm³/mol. The van der Waals surface area contributed by atoms with Crippen LogP contribution in [0, 0.1) is 5.41 Å². The summed E-state index contributed by atoms with van der Waals surface area (Å²) in [7, 11) is 2.03. The predicted octanol–water partition coefficient (Wildman–Crippen LogP) is 3.44. The molecule has 1 N–H and O–H groups in total. The van der Waals surface area contributed by atoms with Crippen molar-refractivity contribution in [1.82, 2.24) is 15.5 Å². The van der Waals surface area contributed by atoms with E-state index in [1.165, 1.54) is 12.8 Å². The average molecular weight is 295 g/mol. The Kier molecular flexibility index (Phi) is 5.38. The molecule has 1 unspecified atom stereocenters. The summed E-state index contributed by atoms with van der Waals surface area (Å²) in [6, 6.07) is 0.634. The Balaban J connectivity index is 2.06. The molecule has 1 aromatic rings. The van der Waals surface area contributed by atoms with Crippen LogP contribution in [0.1, 0.15) is 77.1 Å². The maximum absolute atomic E-state index is 5.83. The van der Waals surface area contributed by atoms with Crippen molar-refractivity contribution in [3.05, 3.63) is 11.7 Å². The number of ether oxygens (including phenoxy) is 1. The van der Waals surface area contributed by atoms with Crippen LogP contribution in [-0.2, 0) is 4.74 Å². The summed E-state index contributed by atoms with van der Waals surface area (Å²) in [4.78, 5) is 4.65. The van der Waals surface area contributed by atoms with E-state index in [1.54, 1.807) is 0 Å². The Hall–Kier alpha value is -0.940. The maximum atomic E-state index is 5.83. The van der Waals surface area contributed by atoms with Crippen molar-refractivity contribution in [2.24, 2.45) is 5.41 Å². The molecule has 120 valence electrons. The van der Waals surface area contributed by atoms with Gasteiger partial charge in [-0.05, 0) is 45.1 Å². The third-order valence-electron chi connectivity index (χ3n) is 4.30. The van der Waals surface area contributed by atoms with Crippen LogP contribution in [0.2, 0.25) is 0 Å². The van der Waals surface area contributed by atoms with E-state index in [0.29, 0.717) is 24.4 Å². The van der Waals surface area contributed by atoms with Crippen molar-refractivity contribution in [2.75, 3.05) is 13.7 Å². The minimum atomic E-state index is -0.117. The highest BCUT2D eigenvalue weighted by Gasteiger charge is 2.33. The van der Waals surface area contributed by atoms with Crippen molar-refractivity contribution in [1.29, 1.82) is 0 Å². The van der Waals surface area contributed by atoms with Gasteiger partial charge in [0.2, 0.25) is 11.7 Å². The number of nitrogens with zero attached hydrogens (tertiary/aromatic N) is 2. The van der Waals surface area contributed by atoms with Crippen LogP contribution in [0.25, 0.3) is 0 Å². The van der Waals surface area contributed by atoms with Gasteiger partial charge in [-0.15, -0.1) is 0 Å². The van der Waals surface area contributed by atoms with Gasteiger partial charge in [-0.25, -0.2) is 0 Å². The van der Waals surface area contributed by atoms with E-state index in [2.05, 4.69) is 36.2 Å². The lowest BCUT2D eigenvalue weighted by molar-refractivity contribution is -0.0203. The fourth-order valence-electron chi connectivity index (χ4n) is 3.03. The maximum Gasteiger partial charge on any atom is 0.229 e. The molecule has 0 radical (unpaired) electrons. The zero-order chi connectivity index (χ0) is 15.5. The minimum absolute atomic E-state index is 0.0407. The summed E-state index contributed by atoms with van der Waals surface area (Å²) in [5.41, 5.74) is -0.0407. The Labute approximate surface area is 127 Å². The molecule has 5 nitrogen and oxygen atoms in total. The zero-order valence-electron chi connectivity index (χ0n) is 14.0. The Morgan fingerprint density at radius 3 is 2.48 bits per heavy atom. The first-order valence-corrected chi connectivity index (χ1v) is 8.08. The van der Waals surface area contributed by atoms with E-state index in [-0.39, 0.29) is 11.5 Å². The topological polar surface area (TPSA) is 60.2 Å². The second-order valence-electron chi connectivity index (χ2n) is 7.03. The Morgan fingerprint density at radius 1 is 1.29 bits per heavy atom. The lowest BCUT2D eigenvalue weighted by Gasteiger charge is -2.27. The van der Waals surface area contributed by atoms with Crippen LogP contribution < -0.4 is 5.32 Å². The van der Waals surface area contributed by atoms with Gasteiger partial charge >= 0.3 is 0 Å². The largest absolute Gasteiger partial charge is 0.370 e. The number of rotatable bonds is 5. The van der Waals surface area contributed by atoms with Crippen molar-refractivity contribution < 1.29 is 9.26 Å². The number of aromatic nitrogens is 2. The first-order chi connectivity index (χ1) is 9.95. The second-order valence-corrected chi connectivity index (χ2v) is 7.03. The molecule has 21 heavy (non-hydrogen) atoms. The lowest BCUT2D eigenvalue weighted by atomic mass is 9.86. The molecule has 1 fully saturated rings. The Bertz CT molecular complexity index is 431. The van der Waals surface area contributed by atoms with Crippen LogP contribution in [0.15, 0.2) is 4.52 Å². The van der Waals surface area contributed by atoms with Gasteiger partial charge in [0.05, 0.1) is 0 Å². The van der Waals surface area contributed by atoms with Gasteiger partial charge in [-0.2, -0.15) is 4.98 Å². The smallest absolute Gasteiger partial charge is 0.229 e. The molecule has 1 aromatic heterocycles. The van der Waals surface area contributed by atoms with Crippen LogP contribution >= 0.6 is 0 Å². The molecular weight excluding hydrogens is 266 g/mol. The molecule has 1 aliphatic carbocycles. The van der Waals surface area contributed by atoms with Crippen molar-refractivity contribution in [3.63, 3.8) is 0 Å². The molecule has 1 aliphatic rings. The molecule has 1 heterocycles. The van der Waals surface area contributed by atoms with E-state index in [9.17, 15) is 0 Å².